The molecule has 0 unspecified atom stereocenters. The van der Waals surface area contributed by atoms with Crippen LogP contribution in [-0.4, -0.2) is 154 Å². The van der Waals surface area contributed by atoms with Crippen LogP contribution in [0, 0.1) is 0 Å². The summed E-state index contributed by atoms with van der Waals surface area (Å²) >= 11 is 0. The molecule has 0 aliphatic heterocycles. The number of hydrogen-bond acceptors (Lipinski definition) is 13. The van der Waals surface area contributed by atoms with Crippen molar-refractivity contribution in [3.05, 3.63) is 102 Å². The number of nitrogens with zero attached hydrogens (tertiary/aromatic N) is 11. The predicted molar refractivity (Wildman–Crippen MR) is 275 cm³/mol. The lowest BCUT2D eigenvalue weighted by Crippen LogP contribution is -2.29. The van der Waals surface area contributed by atoms with E-state index in [0.29, 0.717) is 30.2 Å². The average Bonchev–Trinajstić information content (AvgIpc) is 4.19. The molecule has 6 rings (SSSR count). The molecule has 6 aromatic heterocycles. The monoisotopic (exact) mass is 1020 g/mol. The fourth-order valence-corrected chi connectivity index (χ4v) is 7.39. The van der Waals surface area contributed by atoms with Gasteiger partial charge in [-0.15, -0.1) is 0 Å². The minimum atomic E-state index is -0.738. The number of carbonyl (C=O) groups excluding carboxylic acids is 8. The van der Waals surface area contributed by atoms with Crippen LogP contribution in [0.4, 0.5) is 34.5 Å². The van der Waals surface area contributed by atoms with Crippen LogP contribution in [0.25, 0.3) is 0 Å². The molecular weight excluding hydrogens is 959 g/mol. The lowest BCUT2D eigenvalue weighted by molar-refractivity contribution is -0.114. The first kappa shape index (κ1) is 54.2. The van der Waals surface area contributed by atoms with Crippen molar-refractivity contribution < 1.29 is 38.4 Å². The van der Waals surface area contributed by atoms with E-state index < -0.39 is 41.4 Å². The van der Waals surface area contributed by atoms with Crippen molar-refractivity contribution in [2.45, 2.75) is 12.8 Å². The number of imidazole rings is 3. The number of hydrogen-bond donors (Lipinski definition) is 8. The summed E-state index contributed by atoms with van der Waals surface area (Å²) < 4.78 is 8.88. The van der Waals surface area contributed by atoms with Gasteiger partial charge in [0.05, 0.1) is 17.1 Å². The smallest absolute Gasteiger partial charge is 0.292 e. The van der Waals surface area contributed by atoms with E-state index in [1.165, 1.54) is 62.2 Å². The largest absolute Gasteiger partial charge is 0.351 e. The molecule has 6 aromatic rings. The lowest BCUT2D eigenvalue weighted by Gasteiger charge is -2.10. The molecule has 0 fully saturated rings. The topological polar surface area (TPSA) is 308 Å². The third kappa shape index (κ3) is 14.3. The first-order valence-electron chi connectivity index (χ1n) is 23.1. The van der Waals surface area contributed by atoms with E-state index in [2.05, 4.69) is 57.5 Å². The molecule has 27 nitrogen and oxygen atoms in total. The van der Waals surface area contributed by atoms with Crippen LogP contribution in [0.1, 0.15) is 76.2 Å². The Morgan fingerprint density at radius 2 is 0.757 bits per heavy atom. The minimum absolute atomic E-state index is 0.00611. The Morgan fingerprint density at radius 1 is 0.419 bits per heavy atom. The highest BCUT2D eigenvalue weighted by Crippen LogP contribution is 2.21. The molecular formula is C47H61N19O8. The van der Waals surface area contributed by atoms with Crippen LogP contribution >= 0.6 is 0 Å². The fourth-order valence-electron chi connectivity index (χ4n) is 7.39. The second kappa shape index (κ2) is 23.9. The molecule has 0 saturated carbocycles. The Kier molecular flexibility index (Phi) is 17.5. The van der Waals surface area contributed by atoms with Crippen molar-refractivity contribution in [3.8, 4) is 0 Å². The van der Waals surface area contributed by atoms with Crippen LogP contribution in [-0.2, 0) is 51.9 Å². The summed E-state index contributed by atoms with van der Waals surface area (Å²) in [5.41, 5.74) is 1.77. The SMILES string of the molecule is CN(C)CCCNC(=O)c1cc(NC(=O)c2cc(NC(=O)c3cc(NC(=O)/C=C/C(=O)Nc4cn(C)c(C(=O)Nc5cn(C)c(C(=O)Nc6cn(C)c(C(=O)NCCCN(C)C)n6)n5)n4)cn3C)cn2C)cn1C. The summed E-state index contributed by atoms with van der Waals surface area (Å²) in [4.78, 5) is 121. The molecule has 0 aromatic carbocycles. The molecule has 0 aliphatic carbocycles. The van der Waals surface area contributed by atoms with E-state index in [1.807, 2.05) is 38.0 Å². The molecule has 8 N–H and O–H groups in total. The Balaban J connectivity index is 0.964. The van der Waals surface area contributed by atoms with E-state index >= 15 is 0 Å². The fraction of sp³-hybridized carbons (Fsp3) is 0.340. The first-order chi connectivity index (χ1) is 35.0. The van der Waals surface area contributed by atoms with Crippen LogP contribution in [0.2, 0.25) is 0 Å². The van der Waals surface area contributed by atoms with Crippen molar-refractivity contribution in [2.24, 2.45) is 42.3 Å². The van der Waals surface area contributed by atoms with Gasteiger partial charge in [-0.3, -0.25) is 38.4 Å². The van der Waals surface area contributed by atoms with E-state index in [-0.39, 0.29) is 57.9 Å². The van der Waals surface area contributed by atoms with Gasteiger partial charge in [0.2, 0.25) is 29.3 Å². The second-order valence-electron chi connectivity index (χ2n) is 17.8. The maximum Gasteiger partial charge on any atom is 0.292 e. The molecule has 8 amide bonds. The summed E-state index contributed by atoms with van der Waals surface area (Å²) in [6.07, 6.45) is 12.4. The van der Waals surface area contributed by atoms with Gasteiger partial charge in [0.25, 0.3) is 35.4 Å². The standard InChI is InChI=1S/C47H61N19O8/c1-59(2)17-11-15-48-42(69)31-20-29(23-61(31)5)51-44(71)33-21-30(24-63(33)7)52-43(70)32-19-28(22-62(32)6)50-37(67)13-14-38(68)53-34-25-65(9)40(54-34)46(73)58-36-27-66(10)41(56-36)47(74)57-35-26-64(8)39(55-35)45(72)49-16-12-18-60(3)4/h13-14,19-27H,11-12,15-18H2,1-10H3,(H,48,69)(H,49,72)(H,50,67)(H,51,71)(H,52,70)(H,53,68)(H,57,74)(H,58,73)/b14-13+. The molecule has 0 spiro atoms. The summed E-state index contributed by atoms with van der Waals surface area (Å²) in [5.74, 6) is -4.39. The van der Waals surface area contributed by atoms with Crippen molar-refractivity contribution >= 4 is 81.8 Å². The van der Waals surface area contributed by atoms with Crippen LogP contribution in [0.15, 0.2) is 67.5 Å². The maximum absolute atomic E-state index is 13.3. The number of nitrogens with one attached hydrogen (secondary N) is 8. The Bertz CT molecular complexity index is 2920. The van der Waals surface area contributed by atoms with Gasteiger partial charge in [-0.1, -0.05) is 0 Å². The second-order valence-corrected chi connectivity index (χ2v) is 17.8. The van der Waals surface area contributed by atoms with Gasteiger partial charge in [0, 0.05) is 105 Å². The molecule has 0 bridgehead atoms. The minimum Gasteiger partial charge on any atom is -0.351 e. The van der Waals surface area contributed by atoms with Gasteiger partial charge in [-0.25, -0.2) is 15.0 Å². The molecule has 27 heteroatoms. The zero-order valence-electron chi connectivity index (χ0n) is 42.8. The summed E-state index contributed by atoms with van der Waals surface area (Å²) in [5, 5.41) is 21.5. The van der Waals surface area contributed by atoms with Gasteiger partial charge >= 0.3 is 0 Å². The van der Waals surface area contributed by atoms with Gasteiger partial charge < -0.3 is 79.7 Å². The van der Waals surface area contributed by atoms with E-state index in [9.17, 15) is 38.4 Å². The number of aryl methyl sites for hydroxylation is 6. The van der Waals surface area contributed by atoms with Crippen molar-refractivity contribution in [1.29, 1.82) is 0 Å². The molecule has 0 saturated heterocycles. The summed E-state index contributed by atoms with van der Waals surface area (Å²) in [6, 6.07) is 4.51. The van der Waals surface area contributed by atoms with Crippen LogP contribution in [0.5, 0.6) is 0 Å². The van der Waals surface area contributed by atoms with Crippen molar-refractivity contribution in [3.63, 3.8) is 0 Å². The number of anilines is 6. The maximum atomic E-state index is 13.3. The Labute approximate surface area is 425 Å². The Hall–Kier alpha value is -9.11. The Morgan fingerprint density at radius 3 is 1.16 bits per heavy atom. The quantitative estimate of drug-likeness (QED) is 0.0353. The zero-order chi connectivity index (χ0) is 54.0. The van der Waals surface area contributed by atoms with Crippen molar-refractivity contribution in [1.82, 2.24) is 62.8 Å². The average molecular weight is 1020 g/mol. The van der Waals surface area contributed by atoms with Gasteiger partial charge in [-0.05, 0) is 72.3 Å². The number of amides is 8. The highest BCUT2D eigenvalue weighted by atomic mass is 16.2. The molecule has 392 valence electrons. The highest BCUT2D eigenvalue weighted by Gasteiger charge is 2.23. The first-order valence-corrected chi connectivity index (χ1v) is 23.1. The summed E-state index contributed by atoms with van der Waals surface area (Å²) in [7, 11) is 17.4. The third-order valence-corrected chi connectivity index (χ3v) is 11.0. The third-order valence-electron chi connectivity index (χ3n) is 11.0. The molecule has 0 atom stereocenters. The predicted octanol–water partition coefficient (Wildman–Crippen LogP) is 1.41. The normalized spacial score (nSPS) is 11.2. The van der Waals surface area contributed by atoms with Gasteiger partial charge in [0.1, 0.15) is 17.1 Å². The van der Waals surface area contributed by atoms with E-state index in [4.69, 9.17) is 0 Å². The molecule has 74 heavy (non-hydrogen) atoms. The zero-order valence-corrected chi connectivity index (χ0v) is 42.8. The van der Waals surface area contributed by atoms with E-state index in [0.717, 1.165) is 38.1 Å². The number of aromatic nitrogens is 9. The molecule has 0 aliphatic rings. The highest BCUT2D eigenvalue weighted by molar-refractivity contribution is 6.10. The molecule has 6 heterocycles. The molecule has 0 radical (unpaired) electrons. The van der Waals surface area contributed by atoms with Gasteiger partial charge in [-0.2, -0.15) is 0 Å². The summed E-state index contributed by atoms with van der Waals surface area (Å²) in [6.45, 7) is 2.59. The number of rotatable bonds is 22. The van der Waals surface area contributed by atoms with Crippen LogP contribution in [0.3, 0.4) is 0 Å². The van der Waals surface area contributed by atoms with Gasteiger partial charge in [0.15, 0.2) is 17.5 Å². The number of carbonyl (C=O) groups is 8. The van der Waals surface area contributed by atoms with E-state index in [1.54, 1.807) is 62.8 Å². The lowest BCUT2D eigenvalue weighted by atomic mass is 10.3. The van der Waals surface area contributed by atoms with Crippen molar-refractivity contribution in [2.75, 3.05) is 86.3 Å². The van der Waals surface area contributed by atoms with Crippen LogP contribution < -0.4 is 42.5 Å².